The Balaban J connectivity index is 1.21. The third-order valence-electron chi connectivity index (χ3n) is 6.61. The molecule has 0 spiro atoms. The molecular formula is C31H22N6O2. The molecule has 0 unspecified atom stereocenters. The van der Waals surface area contributed by atoms with Crippen LogP contribution in [0.25, 0.3) is 38.7 Å². The molecule has 7 rings (SSSR count). The van der Waals surface area contributed by atoms with E-state index in [2.05, 4.69) is 32.8 Å². The second-order valence-corrected chi connectivity index (χ2v) is 9.29. The van der Waals surface area contributed by atoms with Crippen LogP contribution < -0.4 is 10.6 Å². The third kappa shape index (κ3) is 4.14. The highest BCUT2D eigenvalue weighted by molar-refractivity contribution is 6.09. The van der Waals surface area contributed by atoms with Gasteiger partial charge in [-0.05, 0) is 73.2 Å². The molecule has 4 aromatic heterocycles. The monoisotopic (exact) mass is 510 g/mol. The van der Waals surface area contributed by atoms with Crippen LogP contribution in [0.1, 0.15) is 16.1 Å². The van der Waals surface area contributed by atoms with Gasteiger partial charge < -0.3 is 15.1 Å². The Bertz CT molecular complexity index is 2010. The summed E-state index contributed by atoms with van der Waals surface area (Å²) < 4.78 is 8.00. The van der Waals surface area contributed by atoms with Gasteiger partial charge in [-0.3, -0.25) is 9.78 Å². The second-order valence-electron chi connectivity index (χ2n) is 9.29. The van der Waals surface area contributed by atoms with Gasteiger partial charge in [-0.2, -0.15) is 5.10 Å². The van der Waals surface area contributed by atoms with Crippen LogP contribution in [0.2, 0.25) is 0 Å². The summed E-state index contributed by atoms with van der Waals surface area (Å²) in [6.07, 6.45) is 3.37. The number of nitrogens with one attached hydrogen (secondary N) is 2. The number of anilines is 3. The number of pyridine rings is 1. The van der Waals surface area contributed by atoms with Crippen molar-refractivity contribution >= 4 is 50.7 Å². The van der Waals surface area contributed by atoms with Crippen molar-refractivity contribution in [3.8, 4) is 11.3 Å². The van der Waals surface area contributed by atoms with E-state index in [-0.39, 0.29) is 5.91 Å². The van der Waals surface area contributed by atoms with Gasteiger partial charge in [0.2, 0.25) is 5.95 Å². The number of aryl methyl sites for hydroxylation is 1. The predicted molar refractivity (Wildman–Crippen MR) is 152 cm³/mol. The molecule has 4 heterocycles. The molecule has 0 aliphatic carbocycles. The lowest BCUT2D eigenvalue weighted by molar-refractivity contribution is 0.102. The number of fused-ring (bicyclic) bond motifs is 4. The van der Waals surface area contributed by atoms with Gasteiger partial charge in [0.25, 0.3) is 5.91 Å². The van der Waals surface area contributed by atoms with Crippen molar-refractivity contribution in [3.05, 3.63) is 115 Å². The van der Waals surface area contributed by atoms with E-state index in [1.54, 1.807) is 23.0 Å². The Kier molecular flexibility index (Phi) is 5.30. The zero-order chi connectivity index (χ0) is 26.3. The summed E-state index contributed by atoms with van der Waals surface area (Å²) in [7, 11) is 0. The van der Waals surface area contributed by atoms with E-state index in [0.29, 0.717) is 17.3 Å². The smallest absolute Gasteiger partial charge is 0.274 e. The van der Waals surface area contributed by atoms with Gasteiger partial charge in [0.15, 0.2) is 0 Å². The fourth-order valence-electron chi connectivity index (χ4n) is 4.72. The number of nitrogens with zero attached hydrogens (tertiary/aromatic N) is 4. The summed E-state index contributed by atoms with van der Waals surface area (Å²) in [4.78, 5) is 21.6. The first kappa shape index (κ1) is 22.7. The zero-order valence-electron chi connectivity index (χ0n) is 20.9. The number of para-hydroxylation sites is 2. The molecule has 0 bridgehead atoms. The molecule has 0 atom stereocenters. The largest absolute Gasteiger partial charge is 0.455 e. The average Bonchev–Trinajstić information content (AvgIpc) is 3.59. The van der Waals surface area contributed by atoms with Crippen molar-refractivity contribution in [1.82, 2.24) is 19.6 Å². The summed E-state index contributed by atoms with van der Waals surface area (Å²) in [5, 5.41) is 12.8. The Labute approximate surface area is 222 Å². The van der Waals surface area contributed by atoms with Gasteiger partial charge in [-0.1, -0.05) is 30.3 Å². The highest BCUT2D eigenvalue weighted by Gasteiger charge is 2.16. The Morgan fingerprint density at radius 2 is 1.67 bits per heavy atom. The molecule has 8 heteroatoms. The molecule has 1 amide bonds. The van der Waals surface area contributed by atoms with Crippen molar-refractivity contribution in [1.29, 1.82) is 0 Å². The van der Waals surface area contributed by atoms with Crippen LogP contribution >= 0.6 is 0 Å². The van der Waals surface area contributed by atoms with Gasteiger partial charge in [0, 0.05) is 33.9 Å². The third-order valence-corrected chi connectivity index (χ3v) is 6.61. The number of carbonyl (C=O) groups is 1. The van der Waals surface area contributed by atoms with Crippen molar-refractivity contribution in [2.45, 2.75) is 6.92 Å². The molecule has 8 nitrogen and oxygen atoms in total. The predicted octanol–water partition coefficient (Wildman–Crippen LogP) is 7.00. The molecule has 0 saturated carbocycles. The van der Waals surface area contributed by atoms with Gasteiger partial charge in [0.1, 0.15) is 16.9 Å². The molecule has 39 heavy (non-hydrogen) atoms. The fraction of sp³-hybridized carbons (Fsp3) is 0.0323. The van der Waals surface area contributed by atoms with Gasteiger partial charge >= 0.3 is 0 Å². The topological polar surface area (TPSA) is 97.3 Å². The maximum atomic E-state index is 12.6. The first-order valence-electron chi connectivity index (χ1n) is 12.5. The van der Waals surface area contributed by atoms with Crippen LogP contribution in [0.3, 0.4) is 0 Å². The first-order chi connectivity index (χ1) is 19.1. The molecule has 0 aliphatic heterocycles. The summed E-state index contributed by atoms with van der Waals surface area (Å²) in [5.74, 6) is 0.299. The lowest BCUT2D eigenvalue weighted by Gasteiger charge is -2.11. The Hall–Kier alpha value is -5.50. The van der Waals surface area contributed by atoms with Crippen molar-refractivity contribution in [3.63, 3.8) is 0 Å². The van der Waals surface area contributed by atoms with Crippen molar-refractivity contribution < 1.29 is 9.21 Å². The summed E-state index contributed by atoms with van der Waals surface area (Å²) >= 11 is 0. The van der Waals surface area contributed by atoms with E-state index in [4.69, 9.17) is 9.40 Å². The van der Waals surface area contributed by atoms with E-state index in [1.165, 1.54) is 0 Å². The second kappa shape index (κ2) is 9.11. The zero-order valence-corrected chi connectivity index (χ0v) is 20.9. The molecule has 0 fully saturated rings. The van der Waals surface area contributed by atoms with Crippen LogP contribution in [-0.4, -0.2) is 25.5 Å². The summed E-state index contributed by atoms with van der Waals surface area (Å²) in [6, 6.07) is 29.1. The summed E-state index contributed by atoms with van der Waals surface area (Å²) in [5.41, 5.74) is 7.01. The standard InChI is InChI=1S/C31H22N6O2/c1-19-13-15-32-27(17-19)30(38)34-20-9-11-21(12-10-20)35-31-36-26(18-22-14-16-33-37(22)31)25-7-4-6-24-23-5-2-3-8-28(23)39-29(24)25/h2-18H,1H3,(H,34,38)(H,35,36). The Morgan fingerprint density at radius 1 is 0.846 bits per heavy atom. The lowest BCUT2D eigenvalue weighted by atomic mass is 10.1. The van der Waals surface area contributed by atoms with Crippen LogP contribution in [-0.2, 0) is 0 Å². The maximum absolute atomic E-state index is 12.6. The van der Waals surface area contributed by atoms with Crippen molar-refractivity contribution in [2.24, 2.45) is 0 Å². The minimum atomic E-state index is -0.258. The highest BCUT2D eigenvalue weighted by Crippen LogP contribution is 2.36. The summed E-state index contributed by atoms with van der Waals surface area (Å²) in [6.45, 7) is 1.93. The molecule has 2 N–H and O–H groups in total. The molecule has 3 aromatic carbocycles. The molecule has 7 aromatic rings. The maximum Gasteiger partial charge on any atom is 0.274 e. The van der Waals surface area contributed by atoms with Crippen LogP contribution in [0.15, 0.2) is 108 Å². The SMILES string of the molecule is Cc1ccnc(C(=O)Nc2ccc(Nc3nc(-c4cccc5c4oc4ccccc45)cc4ccnn34)cc2)c1. The lowest BCUT2D eigenvalue weighted by Crippen LogP contribution is -2.13. The van der Waals surface area contributed by atoms with Crippen molar-refractivity contribution in [2.75, 3.05) is 10.6 Å². The number of benzene rings is 3. The first-order valence-corrected chi connectivity index (χ1v) is 12.5. The number of furan rings is 1. The fourth-order valence-corrected chi connectivity index (χ4v) is 4.72. The minimum Gasteiger partial charge on any atom is -0.455 e. The number of carbonyl (C=O) groups excluding carboxylic acids is 1. The van der Waals surface area contributed by atoms with Gasteiger partial charge in [-0.15, -0.1) is 0 Å². The van der Waals surface area contributed by atoms with Gasteiger partial charge in [-0.25, -0.2) is 9.50 Å². The molecule has 0 aliphatic rings. The van der Waals surface area contributed by atoms with Crippen LogP contribution in [0, 0.1) is 6.92 Å². The normalized spacial score (nSPS) is 11.3. The Morgan fingerprint density at radius 3 is 2.54 bits per heavy atom. The van der Waals surface area contributed by atoms with E-state index < -0.39 is 0 Å². The van der Waals surface area contributed by atoms with E-state index in [0.717, 1.165) is 50.0 Å². The van der Waals surface area contributed by atoms with Gasteiger partial charge in [0.05, 0.1) is 17.4 Å². The van der Waals surface area contributed by atoms with Crippen LogP contribution in [0.5, 0.6) is 0 Å². The number of rotatable bonds is 5. The van der Waals surface area contributed by atoms with E-state index in [1.807, 2.05) is 79.7 Å². The molecule has 0 radical (unpaired) electrons. The number of amides is 1. The molecule has 188 valence electrons. The minimum absolute atomic E-state index is 0.258. The van der Waals surface area contributed by atoms with E-state index in [9.17, 15) is 4.79 Å². The number of aromatic nitrogens is 4. The average molecular weight is 511 g/mol. The quantitative estimate of drug-likeness (QED) is 0.259. The number of hydrogen-bond donors (Lipinski definition) is 2. The molecule has 0 saturated heterocycles. The van der Waals surface area contributed by atoms with E-state index >= 15 is 0 Å². The highest BCUT2D eigenvalue weighted by atomic mass is 16.3. The van der Waals surface area contributed by atoms with Crippen LogP contribution in [0.4, 0.5) is 17.3 Å². The number of hydrogen-bond acceptors (Lipinski definition) is 6. The molecular weight excluding hydrogens is 488 g/mol.